The largest absolute Gasteiger partial charge is 0.296 e. The smallest absolute Gasteiger partial charge is 0.270 e. The molecular formula is C21H24N4O3S2. The molecule has 158 valence electrons. The number of nitrogens with zero attached hydrogens (tertiary/aromatic N) is 2. The van der Waals surface area contributed by atoms with E-state index < -0.39 is 10.0 Å². The molecule has 30 heavy (non-hydrogen) atoms. The minimum absolute atomic E-state index is 0.125. The van der Waals surface area contributed by atoms with Crippen LogP contribution < -0.4 is 10.0 Å². The zero-order valence-corrected chi connectivity index (χ0v) is 18.9. The van der Waals surface area contributed by atoms with E-state index in [4.69, 9.17) is 0 Å². The van der Waals surface area contributed by atoms with Crippen molar-refractivity contribution in [2.75, 3.05) is 5.32 Å². The van der Waals surface area contributed by atoms with Gasteiger partial charge < -0.3 is 0 Å². The Bertz CT molecular complexity index is 1160. The normalized spacial score (nSPS) is 12.5. The van der Waals surface area contributed by atoms with Crippen LogP contribution in [0.15, 0.2) is 46.8 Å². The average Bonchev–Trinajstić information content (AvgIpc) is 3.18. The molecule has 0 saturated carbocycles. The third-order valence-corrected chi connectivity index (χ3v) is 7.49. The molecule has 0 spiro atoms. The first-order valence-electron chi connectivity index (χ1n) is 9.50. The van der Waals surface area contributed by atoms with Gasteiger partial charge in [-0.2, -0.15) is 0 Å². The number of hydrogen-bond donors (Lipinski definition) is 2. The van der Waals surface area contributed by atoms with Crippen LogP contribution in [0.1, 0.15) is 52.0 Å². The highest BCUT2D eigenvalue weighted by Gasteiger charge is 2.25. The summed E-state index contributed by atoms with van der Waals surface area (Å²) >= 11 is 0.815. The third-order valence-electron chi connectivity index (χ3n) is 4.81. The fourth-order valence-corrected chi connectivity index (χ4v) is 5.07. The number of sulfonamides is 1. The predicted molar refractivity (Wildman–Crippen MR) is 118 cm³/mol. The summed E-state index contributed by atoms with van der Waals surface area (Å²) in [6.07, 6.45) is 0.581. The minimum atomic E-state index is -3.88. The molecule has 0 aliphatic rings. The second kappa shape index (κ2) is 9.03. The van der Waals surface area contributed by atoms with Gasteiger partial charge in [-0.25, -0.2) is 13.1 Å². The summed E-state index contributed by atoms with van der Waals surface area (Å²) < 4.78 is 28.1. The van der Waals surface area contributed by atoms with E-state index in [1.54, 1.807) is 12.1 Å². The average molecular weight is 445 g/mol. The van der Waals surface area contributed by atoms with E-state index in [2.05, 4.69) is 20.2 Å². The molecule has 0 bridgehead atoms. The Morgan fingerprint density at radius 1 is 1.03 bits per heavy atom. The SMILES string of the molecule is CC[C@H](NS(=O)(=O)c1nnc(NC(=O)c2ccc(C)cc2)s1)c1ccc(C)c(C)c1. The number of amides is 1. The van der Waals surface area contributed by atoms with Crippen molar-refractivity contribution in [1.29, 1.82) is 0 Å². The second-order valence-electron chi connectivity index (χ2n) is 7.12. The van der Waals surface area contributed by atoms with Crippen LogP contribution in [0.5, 0.6) is 0 Å². The van der Waals surface area contributed by atoms with Crippen LogP contribution in [0, 0.1) is 20.8 Å². The molecule has 0 aliphatic carbocycles. The van der Waals surface area contributed by atoms with Crippen LogP contribution in [0.2, 0.25) is 0 Å². The quantitative estimate of drug-likeness (QED) is 0.533. The number of anilines is 1. The number of nitrogens with one attached hydrogen (secondary N) is 2. The van der Waals surface area contributed by atoms with Crippen molar-refractivity contribution in [3.05, 3.63) is 70.3 Å². The highest BCUT2D eigenvalue weighted by molar-refractivity contribution is 7.91. The van der Waals surface area contributed by atoms with Gasteiger partial charge in [0.15, 0.2) is 0 Å². The highest BCUT2D eigenvalue weighted by Crippen LogP contribution is 2.25. The zero-order valence-electron chi connectivity index (χ0n) is 17.3. The van der Waals surface area contributed by atoms with Gasteiger partial charge in [-0.05, 0) is 56.0 Å². The molecule has 9 heteroatoms. The van der Waals surface area contributed by atoms with Crippen molar-refractivity contribution in [2.45, 2.75) is 44.5 Å². The standard InChI is InChI=1S/C21H24N4O3S2/c1-5-18(17-11-8-14(3)15(4)12-17)25-30(27,28)21-24-23-20(29-21)22-19(26)16-9-6-13(2)7-10-16/h6-12,18,25H,5H2,1-4H3,(H,22,23,26)/t18-/m0/s1. The van der Waals surface area contributed by atoms with Gasteiger partial charge in [-0.15, -0.1) is 10.2 Å². The van der Waals surface area contributed by atoms with Crippen molar-refractivity contribution in [1.82, 2.24) is 14.9 Å². The third kappa shape index (κ3) is 5.10. The zero-order chi connectivity index (χ0) is 21.9. The minimum Gasteiger partial charge on any atom is -0.296 e. The van der Waals surface area contributed by atoms with E-state index in [0.29, 0.717) is 12.0 Å². The number of hydrogen-bond acceptors (Lipinski definition) is 6. The van der Waals surface area contributed by atoms with E-state index in [-0.39, 0.29) is 21.4 Å². The molecule has 1 atom stereocenters. The van der Waals surface area contributed by atoms with Crippen molar-refractivity contribution in [3.63, 3.8) is 0 Å². The Hall–Kier alpha value is -2.62. The second-order valence-corrected chi connectivity index (χ2v) is 9.98. The van der Waals surface area contributed by atoms with Crippen molar-refractivity contribution in [3.8, 4) is 0 Å². The molecule has 0 fully saturated rings. The van der Waals surface area contributed by atoms with Crippen LogP contribution in [0.4, 0.5) is 5.13 Å². The van der Waals surface area contributed by atoms with Gasteiger partial charge in [0.25, 0.3) is 15.9 Å². The lowest BCUT2D eigenvalue weighted by atomic mass is 10.0. The van der Waals surface area contributed by atoms with E-state index in [0.717, 1.165) is 33.6 Å². The lowest BCUT2D eigenvalue weighted by molar-refractivity contribution is 0.102. The van der Waals surface area contributed by atoms with Crippen molar-refractivity contribution in [2.24, 2.45) is 0 Å². The summed E-state index contributed by atoms with van der Waals surface area (Å²) in [5, 5.41) is 10.3. The summed E-state index contributed by atoms with van der Waals surface area (Å²) in [6.45, 7) is 7.85. The molecule has 7 nitrogen and oxygen atoms in total. The molecule has 1 aromatic heterocycles. The van der Waals surface area contributed by atoms with Crippen LogP contribution in [0.3, 0.4) is 0 Å². The first-order valence-corrected chi connectivity index (χ1v) is 11.8. The van der Waals surface area contributed by atoms with Crippen LogP contribution in [-0.4, -0.2) is 24.5 Å². The van der Waals surface area contributed by atoms with E-state index in [1.165, 1.54) is 0 Å². The van der Waals surface area contributed by atoms with Gasteiger partial charge in [0.1, 0.15) is 0 Å². The summed E-state index contributed by atoms with van der Waals surface area (Å²) in [4.78, 5) is 12.3. The summed E-state index contributed by atoms with van der Waals surface area (Å²) in [5.41, 5.74) is 4.63. The van der Waals surface area contributed by atoms with Crippen LogP contribution in [-0.2, 0) is 10.0 Å². The first kappa shape index (κ1) is 22.1. The molecule has 0 unspecified atom stereocenters. The number of carbonyl (C=O) groups is 1. The Balaban J connectivity index is 1.74. The molecular weight excluding hydrogens is 420 g/mol. The maximum atomic E-state index is 12.8. The summed E-state index contributed by atoms with van der Waals surface area (Å²) in [6, 6.07) is 12.5. The highest BCUT2D eigenvalue weighted by atomic mass is 32.2. The van der Waals surface area contributed by atoms with Gasteiger partial charge in [0.05, 0.1) is 0 Å². The number of carbonyl (C=O) groups excluding carboxylic acids is 1. The van der Waals surface area contributed by atoms with Gasteiger partial charge >= 0.3 is 0 Å². The number of aryl methyl sites for hydroxylation is 3. The van der Waals surface area contributed by atoms with E-state index >= 15 is 0 Å². The molecule has 0 aliphatic heterocycles. The van der Waals surface area contributed by atoms with Gasteiger partial charge in [0.2, 0.25) is 9.47 Å². The Labute approximate surface area is 180 Å². The summed E-state index contributed by atoms with van der Waals surface area (Å²) in [7, 11) is -3.88. The molecule has 2 N–H and O–H groups in total. The lowest BCUT2D eigenvalue weighted by Crippen LogP contribution is -2.28. The lowest BCUT2D eigenvalue weighted by Gasteiger charge is -2.17. The maximum absolute atomic E-state index is 12.8. The molecule has 0 radical (unpaired) electrons. The van der Waals surface area contributed by atoms with Gasteiger partial charge in [-0.1, -0.05) is 54.2 Å². The molecule has 1 heterocycles. The maximum Gasteiger partial charge on any atom is 0.270 e. The van der Waals surface area contributed by atoms with Crippen molar-refractivity contribution >= 4 is 32.4 Å². The van der Waals surface area contributed by atoms with Gasteiger partial charge in [-0.3, -0.25) is 10.1 Å². The molecule has 2 aromatic carbocycles. The summed E-state index contributed by atoms with van der Waals surface area (Å²) in [5.74, 6) is -0.371. The number of benzene rings is 2. The molecule has 1 amide bonds. The molecule has 3 aromatic rings. The van der Waals surface area contributed by atoms with Crippen molar-refractivity contribution < 1.29 is 13.2 Å². The van der Waals surface area contributed by atoms with Crippen LogP contribution >= 0.6 is 11.3 Å². The molecule has 0 saturated heterocycles. The topological polar surface area (TPSA) is 101 Å². The first-order chi connectivity index (χ1) is 14.2. The van der Waals surface area contributed by atoms with Crippen LogP contribution in [0.25, 0.3) is 0 Å². The fraction of sp³-hybridized carbons (Fsp3) is 0.286. The Morgan fingerprint density at radius 3 is 2.37 bits per heavy atom. The monoisotopic (exact) mass is 444 g/mol. The number of rotatable bonds is 7. The van der Waals surface area contributed by atoms with Gasteiger partial charge in [0, 0.05) is 11.6 Å². The van der Waals surface area contributed by atoms with E-state index in [9.17, 15) is 13.2 Å². The Kier molecular flexibility index (Phi) is 6.64. The predicted octanol–water partition coefficient (Wildman–Crippen LogP) is 4.15. The van der Waals surface area contributed by atoms with E-state index in [1.807, 2.05) is 58.0 Å². The number of aromatic nitrogens is 2. The molecule has 3 rings (SSSR count). The fourth-order valence-electron chi connectivity index (χ4n) is 2.85. The Morgan fingerprint density at radius 2 is 1.73 bits per heavy atom.